The van der Waals surface area contributed by atoms with Crippen molar-refractivity contribution in [1.29, 1.82) is 0 Å². The number of allylic oxidation sites excluding steroid dienone is 2. The van der Waals surface area contributed by atoms with Crippen molar-refractivity contribution >= 4 is 11.6 Å². The molecule has 2 atom stereocenters. The van der Waals surface area contributed by atoms with Gasteiger partial charge in [0.2, 0.25) is 0 Å². The molecule has 4 nitrogen and oxygen atoms in total. The summed E-state index contributed by atoms with van der Waals surface area (Å²) in [4.78, 5) is 26.5. The first kappa shape index (κ1) is 29.6. The minimum atomic E-state index is -4.60. The van der Waals surface area contributed by atoms with Gasteiger partial charge in [0, 0.05) is 12.8 Å². The fourth-order valence-corrected chi connectivity index (χ4v) is 4.50. The Morgan fingerprint density at radius 2 is 1.00 bits per heavy atom. The van der Waals surface area contributed by atoms with E-state index in [1.165, 1.54) is 62.4 Å². The molecular weight excluding hydrogens is 514 g/mol. The zero-order chi connectivity index (χ0) is 28.2. The van der Waals surface area contributed by atoms with Gasteiger partial charge < -0.3 is 9.47 Å². The van der Waals surface area contributed by atoms with Crippen molar-refractivity contribution in [2.75, 3.05) is 13.2 Å². The minimum absolute atomic E-state index is 0.0429. The van der Waals surface area contributed by atoms with Gasteiger partial charge in [0.05, 0.1) is 48.4 Å². The normalized spacial score (nSPS) is 23.7. The van der Waals surface area contributed by atoms with E-state index in [1.54, 1.807) is 0 Å². The van der Waals surface area contributed by atoms with E-state index in [4.69, 9.17) is 9.47 Å². The first-order valence-corrected chi connectivity index (χ1v) is 11.9. The summed E-state index contributed by atoms with van der Waals surface area (Å²) in [7, 11) is 0. The predicted molar refractivity (Wildman–Crippen MR) is 127 cm³/mol. The molecule has 0 spiro atoms. The molecule has 0 saturated carbocycles. The summed E-state index contributed by atoms with van der Waals surface area (Å²) in [6.07, 6.45) is -6.21. The van der Waals surface area contributed by atoms with Crippen LogP contribution >= 0.6 is 0 Å². The molecule has 1 aliphatic carbocycles. The van der Waals surface area contributed by atoms with Crippen LogP contribution in [0.1, 0.15) is 48.9 Å². The Hall–Kier alpha value is -2.98. The number of Topliss-reactive ketones (excluding diaryl/α,β-unsaturated/α-hetero) is 2. The van der Waals surface area contributed by atoms with Crippen molar-refractivity contribution in [3.63, 3.8) is 0 Å². The lowest BCUT2D eigenvalue weighted by Gasteiger charge is -2.44. The summed E-state index contributed by atoms with van der Waals surface area (Å²) in [5.41, 5.74) is -5.05. The number of halogens is 6. The Kier molecular flexibility index (Phi) is 8.88. The summed E-state index contributed by atoms with van der Waals surface area (Å²) in [6, 6.07) is 9.74. The number of benzene rings is 2. The van der Waals surface area contributed by atoms with Gasteiger partial charge in [-0.2, -0.15) is 26.3 Å². The molecule has 0 N–H and O–H groups in total. The highest BCUT2D eigenvalue weighted by Crippen LogP contribution is 2.45. The third-order valence-corrected chi connectivity index (χ3v) is 7.16. The molecule has 1 aliphatic rings. The summed E-state index contributed by atoms with van der Waals surface area (Å²) in [5.74, 6) is -0.791. The molecule has 0 saturated heterocycles. The number of rotatable bonds is 8. The lowest BCUT2D eigenvalue weighted by Crippen LogP contribution is -2.54. The summed E-state index contributed by atoms with van der Waals surface area (Å²) in [5, 5.41) is 0. The lowest BCUT2D eigenvalue weighted by atomic mass is 9.60. The molecule has 0 aliphatic heterocycles. The molecule has 2 aromatic rings. The van der Waals surface area contributed by atoms with Crippen molar-refractivity contribution in [2.45, 2.75) is 52.3 Å². The second-order valence-electron chi connectivity index (χ2n) is 9.69. The van der Waals surface area contributed by atoms with E-state index in [0.717, 1.165) is 12.1 Å². The van der Waals surface area contributed by atoms with Gasteiger partial charge in [-0.1, -0.05) is 48.6 Å². The van der Waals surface area contributed by atoms with Gasteiger partial charge in [-0.05, 0) is 37.1 Å². The predicted octanol–water partition coefficient (Wildman–Crippen LogP) is 6.96. The van der Waals surface area contributed by atoms with Crippen molar-refractivity contribution in [2.24, 2.45) is 10.8 Å². The molecule has 0 radical (unpaired) electrons. The number of hydrogen-bond acceptors (Lipinski definition) is 4. The SMILES string of the molecule is C[C@]1(COCc2ccccc2C(F)(F)F)C(=O)C/C=C\CC(=O)[C@@]1(C)COCc1ccccc1C(F)(F)F. The van der Waals surface area contributed by atoms with Gasteiger partial charge >= 0.3 is 12.4 Å². The molecule has 0 amide bonds. The standard InChI is InChI=1S/C28H28F6O4/c1-25(17-37-15-19-9-3-5-11-21(19)27(29,30)31)23(35)13-7-8-14-24(36)26(25,2)18-38-16-20-10-4-6-12-22(20)28(32,33)34/h3-12H,13-18H2,1-2H3/b8-7-/t25-,26+. The third kappa shape index (κ3) is 6.35. The van der Waals surface area contributed by atoms with Gasteiger partial charge in [-0.3, -0.25) is 9.59 Å². The molecule has 0 aromatic heterocycles. The number of ether oxygens (including phenoxy) is 2. The molecule has 38 heavy (non-hydrogen) atoms. The minimum Gasteiger partial charge on any atom is -0.376 e. The molecule has 206 valence electrons. The third-order valence-electron chi connectivity index (χ3n) is 7.16. The van der Waals surface area contributed by atoms with E-state index >= 15 is 0 Å². The second kappa shape index (κ2) is 11.4. The van der Waals surface area contributed by atoms with Crippen molar-refractivity contribution in [3.05, 3.63) is 82.9 Å². The van der Waals surface area contributed by atoms with Crippen LogP contribution in [0.3, 0.4) is 0 Å². The Balaban J connectivity index is 1.84. The molecule has 0 bridgehead atoms. The topological polar surface area (TPSA) is 52.6 Å². The summed E-state index contributed by atoms with van der Waals surface area (Å²) < 4.78 is 91.5. The first-order valence-electron chi connectivity index (χ1n) is 11.9. The molecule has 0 fully saturated rings. The van der Waals surface area contributed by atoms with E-state index in [-0.39, 0.29) is 24.0 Å². The molecule has 0 heterocycles. The van der Waals surface area contributed by atoms with Crippen molar-refractivity contribution in [1.82, 2.24) is 0 Å². The fourth-order valence-electron chi connectivity index (χ4n) is 4.50. The molecule has 2 aromatic carbocycles. The maximum Gasteiger partial charge on any atom is 0.416 e. The van der Waals surface area contributed by atoms with Gasteiger partial charge in [0.25, 0.3) is 0 Å². The van der Waals surface area contributed by atoms with Crippen LogP contribution in [-0.4, -0.2) is 24.8 Å². The van der Waals surface area contributed by atoms with Gasteiger partial charge in [0.15, 0.2) is 0 Å². The largest absolute Gasteiger partial charge is 0.416 e. The van der Waals surface area contributed by atoms with Crippen LogP contribution in [0.25, 0.3) is 0 Å². The van der Waals surface area contributed by atoms with Crippen molar-refractivity contribution < 1.29 is 45.4 Å². The maximum absolute atomic E-state index is 13.4. The second-order valence-corrected chi connectivity index (χ2v) is 9.69. The van der Waals surface area contributed by atoms with E-state index in [1.807, 2.05) is 0 Å². The van der Waals surface area contributed by atoms with E-state index in [9.17, 15) is 35.9 Å². The van der Waals surface area contributed by atoms with Crippen molar-refractivity contribution in [3.8, 4) is 0 Å². The van der Waals surface area contributed by atoms with Gasteiger partial charge in [-0.25, -0.2) is 0 Å². The number of carbonyl (C=O) groups is 2. The monoisotopic (exact) mass is 542 g/mol. The highest BCUT2D eigenvalue weighted by atomic mass is 19.4. The first-order chi connectivity index (χ1) is 17.7. The van der Waals surface area contributed by atoms with Crippen LogP contribution in [0, 0.1) is 10.8 Å². The highest BCUT2D eigenvalue weighted by molar-refractivity contribution is 5.97. The van der Waals surface area contributed by atoms with Crippen LogP contribution in [-0.2, 0) is 44.6 Å². The number of hydrogen-bond donors (Lipinski definition) is 0. The highest BCUT2D eigenvalue weighted by Gasteiger charge is 2.54. The van der Waals surface area contributed by atoms with E-state index in [0.29, 0.717) is 0 Å². The number of alkyl halides is 6. The Labute approximate surface area is 216 Å². The Bertz CT molecular complexity index is 1090. The molecular formula is C28H28F6O4. The quantitative estimate of drug-likeness (QED) is 0.267. The average Bonchev–Trinajstić information content (AvgIpc) is 2.84. The average molecular weight is 543 g/mol. The summed E-state index contributed by atoms with van der Waals surface area (Å²) >= 11 is 0. The fraction of sp³-hybridized carbons (Fsp3) is 0.429. The molecule has 10 heteroatoms. The zero-order valence-corrected chi connectivity index (χ0v) is 20.9. The van der Waals surface area contributed by atoms with Gasteiger partial charge in [-0.15, -0.1) is 0 Å². The Morgan fingerprint density at radius 3 is 1.34 bits per heavy atom. The van der Waals surface area contributed by atoms with E-state index in [2.05, 4.69) is 0 Å². The number of ketones is 2. The van der Waals surface area contributed by atoms with Gasteiger partial charge in [0.1, 0.15) is 11.6 Å². The molecule has 3 rings (SSSR count). The number of carbonyl (C=O) groups excluding carboxylic acids is 2. The smallest absolute Gasteiger partial charge is 0.376 e. The van der Waals surface area contributed by atoms with E-state index < -0.39 is 72.3 Å². The van der Waals surface area contributed by atoms with Crippen LogP contribution in [0.4, 0.5) is 26.3 Å². The van der Waals surface area contributed by atoms with Crippen LogP contribution in [0.5, 0.6) is 0 Å². The maximum atomic E-state index is 13.4. The van der Waals surface area contributed by atoms with Crippen LogP contribution in [0.15, 0.2) is 60.7 Å². The molecule has 0 unspecified atom stereocenters. The van der Waals surface area contributed by atoms with Crippen LogP contribution < -0.4 is 0 Å². The lowest BCUT2D eigenvalue weighted by molar-refractivity contribution is -0.160. The zero-order valence-electron chi connectivity index (χ0n) is 20.9. The Morgan fingerprint density at radius 1 is 0.658 bits per heavy atom. The van der Waals surface area contributed by atoms with Crippen LogP contribution in [0.2, 0.25) is 0 Å². The summed E-state index contributed by atoms with van der Waals surface area (Å²) in [6.45, 7) is 1.26.